The SMILES string of the molecule is CC(CCc1cccc(O)c1)N1CCCC1. The van der Waals surface area contributed by atoms with Crippen molar-refractivity contribution in [2.45, 2.75) is 38.6 Å². The summed E-state index contributed by atoms with van der Waals surface area (Å²) in [6, 6.07) is 8.29. The standard InChI is InChI=1S/C14H21NO/c1-12(15-9-2-3-10-15)7-8-13-5-4-6-14(16)11-13/h4-6,11-12,16H,2-3,7-10H2,1H3. The molecular formula is C14H21NO. The average Bonchev–Trinajstić information content (AvgIpc) is 2.79. The number of aromatic hydroxyl groups is 1. The minimum Gasteiger partial charge on any atom is -0.508 e. The van der Waals surface area contributed by atoms with Crippen molar-refractivity contribution < 1.29 is 5.11 Å². The second-order valence-electron chi connectivity index (χ2n) is 4.80. The minimum atomic E-state index is 0.381. The van der Waals surface area contributed by atoms with Gasteiger partial charge < -0.3 is 10.0 Å². The summed E-state index contributed by atoms with van der Waals surface area (Å²) >= 11 is 0. The van der Waals surface area contributed by atoms with Crippen molar-refractivity contribution in [1.29, 1.82) is 0 Å². The molecule has 1 aromatic rings. The van der Waals surface area contributed by atoms with Crippen molar-refractivity contribution in [2.24, 2.45) is 0 Å². The maximum absolute atomic E-state index is 9.38. The van der Waals surface area contributed by atoms with Crippen molar-refractivity contribution in [3.8, 4) is 5.75 Å². The zero-order valence-electron chi connectivity index (χ0n) is 10.0. The van der Waals surface area contributed by atoms with Crippen LogP contribution < -0.4 is 0 Å². The third-order valence-corrected chi connectivity index (χ3v) is 3.53. The molecule has 1 atom stereocenters. The van der Waals surface area contributed by atoms with Gasteiger partial charge >= 0.3 is 0 Å². The minimum absolute atomic E-state index is 0.381. The van der Waals surface area contributed by atoms with Gasteiger partial charge in [-0.25, -0.2) is 0 Å². The summed E-state index contributed by atoms with van der Waals surface area (Å²) in [6.45, 7) is 4.84. The first-order valence-electron chi connectivity index (χ1n) is 6.27. The van der Waals surface area contributed by atoms with Crippen LogP contribution in [-0.2, 0) is 6.42 Å². The van der Waals surface area contributed by atoms with Gasteiger partial charge in [0.25, 0.3) is 0 Å². The second-order valence-corrected chi connectivity index (χ2v) is 4.80. The van der Waals surface area contributed by atoms with Gasteiger partial charge in [-0.05, 0) is 63.4 Å². The van der Waals surface area contributed by atoms with Crippen molar-refractivity contribution in [1.82, 2.24) is 4.90 Å². The van der Waals surface area contributed by atoms with Crippen LogP contribution in [0.2, 0.25) is 0 Å². The number of hydrogen-bond donors (Lipinski definition) is 1. The van der Waals surface area contributed by atoms with E-state index in [2.05, 4.69) is 17.9 Å². The van der Waals surface area contributed by atoms with Gasteiger partial charge in [-0.2, -0.15) is 0 Å². The molecule has 0 spiro atoms. The molecule has 0 bridgehead atoms. The maximum Gasteiger partial charge on any atom is 0.115 e. The van der Waals surface area contributed by atoms with Crippen LogP contribution in [0, 0.1) is 0 Å². The summed E-state index contributed by atoms with van der Waals surface area (Å²) in [5.41, 5.74) is 1.24. The van der Waals surface area contributed by atoms with Gasteiger partial charge in [0.2, 0.25) is 0 Å². The van der Waals surface area contributed by atoms with E-state index in [-0.39, 0.29) is 0 Å². The van der Waals surface area contributed by atoms with Crippen LogP contribution >= 0.6 is 0 Å². The molecule has 1 heterocycles. The van der Waals surface area contributed by atoms with Gasteiger partial charge in [0.15, 0.2) is 0 Å². The van der Waals surface area contributed by atoms with E-state index in [4.69, 9.17) is 0 Å². The first kappa shape index (κ1) is 11.5. The first-order valence-corrected chi connectivity index (χ1v) is 6.27. The molecule has 1 aliphatic heterocycles. The number of rotatable bonds is 4. The van der Waals surface area contributed by atoms with Crippen molar-refractivity contribution in [2.75, 3.05) is 13.1 Å². The normalized spacial score (nSPS) is 18.8. The highest BCUT2D eigenvalue weighted by Gasteiger charge is 2.17. The fraction of sp³-hybridized carbons (Fsp3) is 0.571. The molecule has 1 saturated heterocycles. The Bertz CT molecular complexity index is 331. The molecule has 0 radical (unpaired) electrons. The van der Waals surface area contributed by atoms with E-state index < -0.39 is 0 Å². The lowest BCUT2D eigenvalue weighted by Crippen LogP contribution is -2.30. The Hall–Kier alpha value is -1.02. The number of phenols is 1. The molecule has 0 aromatic heterocycles. The van der Waals surface area contributed by atoms with E-state index in [0.29, 0.717) is 11.8 Å². The van der Waals surface area contributed by atoms with E-state index in [1.54, 1.807) is 6.07 Å². The Morgan fingerprint density at radius 2 is 2.06 bits per heavy atom. The van der Waals surface area contributed by atoms with Gasteiger partial charge in [0.1, 0.15) is 5.75 Å². The Labute approximate surface area is 97.9 Å². The summed E-state index contributed by atoms with van der Waals surface area (Å²) in [5, 5.41) is 9.38. The Kier molecular flexibility index (Phi) is 3.83. The van der Waals surface area contributed by atoms with E-state index in [0.717, 1.165) is 6.42 Å². The average molecular weight is 219 g/mol. The molecule has 1 fully saturated rings. The summed E-state index contributed by atoms with van der Waals surface area (Å²) in [5.74, 6) is 0.381. The van der Waals surface area contributed by atoms with Crippen LogP contribution in [0.15, 0.2) is 24.3 Å². The smallest absolute Gasteiger partial charge is 0.115 e. The van der Waals surface area contributed by atoms with Crippen LogP contribution in [0.3, 0.4) is 0 Å². The first-order chi connectivity index (χ1) is 7.75. The molecule has 0 amide bonds. The fourth-order valence-corrected chi connectivity index (χ4v) is 2.45. The van der Waals surface area contributed by atoms with Crippen LogP contribution in [0.4, 0.5) is 0 Å². The molecular weight excluding hydrogens is 198 g/mol. The van der Waals surface area contributed by atoms with E-state index in [1.807, 2.05) is 12.1 Å². The van der Waals surface area contributed by atoms with E-state index in [1.165, 1.54) is 37.9 Å². The van der Waals surface area contributed by atoms with Gasteiger partial charge in [0.05, 0.1) is 0 Å². The van der Waals surface area contributed by atoms with Crippen LogP contribution in [0.5, 0.6) is 5.75 Å². The monoisotopic (exact) mass is 219 g/mol. The lowest BCUT2D eigenvalue weighted by atomic mass is 10.1. The molecule has 1 aromatic carbocycles. The van der Waals surface area contributed by atoms with Crippen molar-refractivity contribution >= 4 is 0 Å². The van der Waals surface area contributed by atoms with Gasteiger partial charge in [-0.3, -0.25) is 0 Å². The highest BCUT2D eigenvalue weighted by Crippen LogP contribution is 2.17. The predicted octanol–water partition coefficient (Wildman–Crippen LogP) is 2.81. The highest BCUT2D eigenvalue weighted by atomic mass is 16.3. The summed E-state index contributed by atoms with van der Waals surface area (Å²) < 4.78 is 0. The number of likely N-dealkylation sites (tertiary alicyclic amines) is 1. The van der Waals surface area contributed by atoms with Crippen LogP contribution in [-0.4, -0.2) is 29.1 Å². The lowest BCUT2D eigenvalue weighted by Gasteiger charge is -2.23. The van der Waals surface area contributed by atoms with Crippen molar-refractivity contribution in [3.05, 3.63) is 29.8 Å². The Morgan fingerprint density at radius 3 is 2.75 bits per heavy atom. The van der Waals surface area contributed by atoms with E-state index >= 15 is 0 Å². The number of nitrogens with zero attached hydrogens (tertiary/aromatic N) is 1. The quantitative estimate of drug-likeness (QED) is 0.841. The summed E-state index contributed by atoms with van der Waals surface area (Å²) in [4.78, 5) is 2.57. The number of aryl methyl sites for hydroxylation is 1. The third-order valence-electron chi connectivity index (χ3n) is 3.53. The highest BCUT2D eigenvalue weighted by molar-refractivity contribution is 5.27. The lowest BCUT2D eigenvalue weighted by molar-refractivity contribution is 0.247. The second kappa shape index (κ2) is 5.35. The van der Waals surface area contributed by atoms with Crippen LogP contribution in [0.25, 0.3) is 0 Å². The molecule has 16 heavy (non-hydrogen) atoms. The molecule has 88 valence electrons. The summed E-state index contributed by atoms with van der Waals surface area (Å²) in [6.07, 6.45) is 4.96. The fourth-order valence-electron chi connectivity index (χ4n) is 2.45. The zero-order chi connectivity index (χ0) is 11.4. The molecule has 1 unspecified atom stereocenters. The maximum atomic E-state index is 9.38. The molecule has 2 rings (SSSR count). The van der Waals surface area contributed by atoms with Gasteiger partial charge in [-0.15, -0.1) is 0 Å². The zero-order valence-corrected chi connectivity index (χ0v) is 10.0. The van der Waals surface area contributed by atoms with Gasteiger partial charge in [-0.1, -0.05) is 12.1 Å². The van der Waals surface area contributed by atoms with Gasteiger partial charge in [0, 0.05) is 6.04 Å². The van der Waals surface area contributed by atoms with Crippen molar-refractivity contribution in [3.63, 3.8) is 0 Å². The third kappa shape index (κ3) is 2.99. The summed E-state index contributed by atoms with van der Waals surface area (Å²) in [7, 11) is 0. The molecule has 2 heteroatoms. The molecule has 1 aliphatic rings. The van der Waals surface area contributed by atoms with Crippen LogP contribution in [0.1, 0.15) is 31.7 Å². The number of benzene rings is 1. The molecule has 2 nitrogen and oxygen atoms in total. The topological polar surface area (TPSA) is 23.5 Å². The number of hydrogen-bond acceptors (Lipinski definition) is 2. The number of phenolic OH excluding ortho intramolecular Hbond substituents is 1. The predicted molar refractivity (Wildman–Crippen MR) is 66.7 cm³/mol. The molecule has 1 N–H and O–H groups in total. The largest absolute Gasteiger partial charge is 0.508 e. The Balaban J connectivity index is 1.82. The Morgan fingerprint density at radius 1 is 1.31 bits per heavy atom. The molecule has 0 saturated carbocycles. The molecule has 0 aliphatic carbocycles. The van der Waals surface area contributed by atoms with E-state index in [9.17, 15) is 5.11 Å².